The predicted molar refractivity (Wildman–Crippen MR) is 114 cm³/mol. The lowest BCUT2D eigenvalue weighted by Gasteiger charge is -2.32. The third-order valence-electron chi connectivity index (χ3n) is 5.34. The Hall–Kier alpha value is -3.63. The number of fused-ring (bicyclic) bond motifs is 1. The summed E-state index contributed by atoms with van der Waals surface area (Å²) in [5.74, 6) is 1.31. The number of rotatable bonds is 5. The fraction of sp³-hybridized carbons (Fsp3) is 0.286. The molecule has 8 nitrogen and oxygen atoms in total. The molecule has 0 unspecified atom stereocenters. The smallest absolute Gasteiger partial charge is 0.275 e. The third kappa shape index (κ3) is 3.66. The van der Waals surface area contributed by atoms with Crippen LogP contribution in [0.5, 0.6) is 5.88 Å². The Morgan fingerprint density at radius 3 is 2.97 bits per heavy atom. The molecule has 156 valence electrons. The highest BCUT2D eigenvalue weighted by atomic mass is 32.2. The molecule has 1 fully saturated rings. The summed E-state index contributed by atoms with van der Waals surface area (Å²) in [6, 6.07) is 6.49. The van der Waals surface area contributed by atoms with Crippen LogP contribution in [-0.2, 0) is 5.54 Å². The highest BCUT2D eigenvalue weighted by Gasteiger charge is 2.67. The maximum absolute atomic E-state index is 14.8. The fourth-order valence-electron chi connectivity index (χ4n) is 3.73. The van der Waals surface area contributed by atoms with Crippen LogP contribution in [-0.4, -0.2) is 32.4 Å². The van der Waals surface area contributed by atoms with Crippen molar-refractivity contribution in [2.45, 2.75) is 23.6 Å². The summed E-state index contributed by atoms with van der Waals surface area (Å²) in [7, 11) is 0. The van der Waals surface area contributed by atoms with Crippen molar-refractivity contribution in [1.29, 1.82) is 5.26 Å². The van der Waals surface area contributed by atoms with Crippen LogP contribution in [0, 0.1) is 35.4 Å². The summed E-state index contributed by atoms with van der Waals surface area (Å²) in [5.41, 5.74) is 5.60. The van der Waals surface area contributed by atoms with E-state index in [0.717, 1.165) is 0 Å². The van der Waals surface area contributed by atoms with Crippen LogP contribution in [0.2, 0.25) is 0 Å². The standard InChI is InChI=1S/C21H17FN6O2S/c1-3-6-30-17-10-25-15(9-26-17)18(29)27-12-4-5-14(22)13(7-12)20(2)16-8-21(16,11-23)31-19(24)28-20/h1,4-5,7,9-10,16H,6,8H2,2H3,(H2,24,28)(H,27,29)/t16-,20+,21+/m0/s1. The molecule has 0 spiro atoms. The Bertz CT molecular complexity index is 1170. The number of anilines is 1. The highest BCUT2D eigenvalue weighted by Crippen LogP contribution is 2.65. The molecule has 0 radical (unpaired) electrons. The predicted octanol–water partition coefficient (Wildman–Crippen LogP) is 2.44. The number of aromatic nitrogens is 2. The van der Waals surface area contributed by atoms with Crippen molar-refractivity contribution in [3.05, 3.63) is 47.7 Å². The number of ether oxygens (including phenoxy) is 1. The molecule has 1 aromatic carbocycles. The molecular weight excluding hydrogens is 419 g/mol. The van der Waals surface area contributed by atoms with E-state index in [1.807, 2.05) is 0 Å². The van der Waals surface area contributed by atoms with Gasteiger partial charge in [0.2, 0.25) is 5.88 Å². The Kier molecular flexibility index (Phi) is 5.03. The lowest BCUT2D eigenvalue weighted by Crippen LogP contribution is -2.35. The van der Waals surface area contributed by atoms with Crippen molar-refractivity contribution in [3.8, 4) is 24.3 Å². The largest absolute Gasteiger partial charge is 0.463 e. The average Bonchev–Trinajstić information content (AvgIpc) is 3.49. The molecule has 2 aromatic rings. The minimum absolute atomic E-state index is 0.0386. The number of halogens is 1. The number of hydrogen-bond donors (Lipinski definition) is 2. The zero-order valence-corrected chi connectivity index (χ0v) is 17.2. The fourth-order valence-corrected chi connectivity index (χ4v) is 5.01. The topological polar surface area (TPSA) is 126 Å². The number of amidine groups is 1. The van der Waals surface area contributed by atoms with Crippen LogP contribution in [0.4, 0.5) is 10.1 Å². The molecule has 1 amide bonds. The van der Waals surface area contributed by atoms with E-state index in [2.05, 4.69) is 32.3 Å². The quantitative estimate of drug-likeness (QED) is 0.689. The van der Waals surface area contributed by atoms with E-state index in [1.54, 1.807) is 6.92 Å². The van der Waals surface area contributed by atoms with Crippen molar-refractivity contribution in [2.24, 2.45) is 16.6 Å². The van der Waals surface area contributed by atoms with Gasteiger partial charge in [0.05, 0.1) is 24.0 Å². The van der Waals surface area contributed by atoms with Crippen molar-refractivity contribution in [3.63, 3.8) is 0 Å². The van der Waals surface area contributed by atoms with E-state index in [-0.39, 0.29) is 34.8 Å². The number of hydrogen-bond acceptors (Lipinski definition) is 8. The van der Waals surface area contributed by atoms with Crippen LogP contribution >= 0.6 is 11.8 Å². The number of aliphatic imine (C=N–C) groups is 1. The van der Waals surface area contributed by atoms with Crippen molar-refractivity contribution < 1.29 is 13.9 Å². The first-order valence-electron chi connectivity index (χ1n) is 9.26. The number of nitrogens with one attached hydrogen (secondary N) is 1. The first-order chi connectivity index (χ1) is 14.8. The van der Waals surface area contributed by atoms with E-state index in [9.17, 15) is 14.4 Å². The Labute approximate surface area is 182 Å². The van der Waals surface area contributed by atoms with Crippen molar-refractivity contribution in [1.82, 2.24) is 9.97 Å². The second-order valence-electron chi connectivity index (χ2n) is 7.34. The molecule has 1 aromatic heterocycles. The van der Waals surface area contributed by atoms with E-state index in [4.69, 9.17) is 16.9 Å². The van der Waals surface area contributed by atoms with Crippen LogP contribution in [0.15, 0.2) is 35.6 Å². The van der Waals surface area contributed by atoms with E-state index >= 15 is 0 Å². The number of benzene rings is 1. The number of nitrogens with two attached hydrogens (primary N) is 1. The molecule has 10 heteroatoms. The zero-order valence-electron chi connectivity index (χ0n) is 16.4. The number of amides is 1. The molecule has 31 heavy (non-hydrogen) atoms. The molecule has 2 aliphatic rings. The van der Waals surface area contributed by atoms with Crippen LogP contribution in [0.3, 0.4) is 0 Å². The number of nitrogens with zero attached hydrogens (tertiary/aromatic N) is 4. The second-order valence-corrected chi connectivity index (χ2v) is 8.69. The van der Waals surface area contributed by atoms with E-state index < -0.39 is 22.0 Å². The first kappa shape index (κ1) is 20.6. The Morgan fingerprint density at radius 2 is 2.29 bits per heavy atom. The lowest BCUT2D eigenvalue weighted by molar-refractivity contribution is 0.102. The van der Waals surface area contributed by atoms with Gasteiger partial charge in [-0.25, -0.2) is 14.4 Å². The lowest BCUT2D eigenvalue weighted by atomic mass is 9.85. The third-order valence-corrected chi connectivity index (χ3v) is 6.55. The molecule has 1 aliphatic carbocycles. The minimum atomic E-state index is -1.01. The Balaban J connectivity index is 1.58. The van der Waals surface area contributed by atoms with Crippen LogP contribution in [0.1, 0.15) is 29.4 Å². The highest BCUT2D eigenvalue weighted by molar-refractivity contribution is 8.15. The summed E-state index contributed by atoms with van der Waals surface area (Å²) < 4.78 is 19.2. The molecule has 3 N–H and O–H groups in total. The minimum Gasteiger partial charge on any atom is -0.463 e. The molecule has 3 atom stereocenters. The van der Waals surface area contributed by atoms with Gasteiger partial charge in [-0.2, -0.15) is 5.26 Å². The van der Waals surface area contributed by atoms with Crippen LogP contribution in [0.25, 0.3) is 0 Å². The summed E-state index contributed by atoms with van der Waals surface area (Å²) in [6.45, 7) is 1.80. The van der Waals surface area contributed by atoms with Gasteiger partial charge in [-0.05, 0) is 31.5 Å². The number of carbonyl (C=O) groups is 1. The monoisotopic (exact) mass is 436 g/mol. The van der Waals surface area contributed by atoms with Crippen molar-refractivity contribution >= 4 is 28.5 Å². The van der Waals surface area contributed by atoms with Gasteiger partial charge in [-0.1, -0.05) is 17.7 Å². The van der Waals surface area contributed by atoms with Crippen molar-refractivity contribution in [2.75, 3.05) is 11.9 Å². The molecule has 4 rings (SSSR count). The zero-order chi connectivity index (χ0) is 22.2. The SMILES string of the molecule is C#CCOc1cnc(C(=O)Nc2ccc(F)c([C@@]3(C)N=C(N)S[C@@]4(C#N)C[C@H]43)c2)cn1. The normalized spacial score (nSPS) is 25.9. The summed E-state index contributed by atoms with van der Waals surface area (Å²) in [5, 5.41) is 12.5. The average molecular weight is 436 g/mol. The molecule has 1 aliphatic heterocycles. The number of nitriles is 1. The van der Waals surface area contributed by atoms with E-state index in [1.165, 1.54) is 42.4 Å². The summed E-state index contributed by atoms with van der Waals surface area (Å²) in [4.78, 5) is 25.0. The summed E-state index contributed by atoms with van der Waals surface area (Å²) in [6.07, 6.45) is 8.22. The van der Waals surface area contributed by atoms with Gasteiger partial charge in [0.25, 0.3) is 5.91 Å². The van der Waals surface area contributed by atoms with Gasteiger partial charge in [-0.3, -0.25) is 9.79 Å². The molecular formula is C21H17FN6O2S. The molecule has 0 saturated heterocycles. The number of thioether (sulfide) groups is 1. The second kappa shape index (κ2) is 7.56. The molecule has 0 bridgehead atoms. The van der Waals surface area contributed by atoms with Gasteiger partial charge in [-0.15, -0.1) is 6.42 Å². The van der Waals surface area contributed by atoms with E-state index in [0.29, 0.717) is 12.1 Å². The van der Waals surface area contributed by atoms with Gasteiger partial charge in [0.15, 0.2) is 11.8 Å². The maximum atomic E-state index is 14.8. The van der Waals surface area contributed by atoms with Crippen LogP contribution < -0.4 is 15.8 Å². The number of carbonyl (C=O) groups excluding carboxylic acids is 1. The molecule has 1 saturated carbocycles. The maximum Gasteiger partial charge on any atom is 0.275 e. The molecule has 2 heterocycles. The first-order valence-corrected chi connectivity index (χ1v) is 10.1. The van der Waals surface area contributed by atoms with Gasteiger partial charge in [0, 0.05) is 17.2 Å². The number of terminal acetylenes is 1. The van der Waals surface area contributed by atoms with Gasteiger partial charge < -0.3 is 15.8 Å². The summed E-state index contributed by atoms with van der Waals surface area (Å²) >= 11 is 1.22. The van der Waals surface area contributed by atoms with Gasteiger partial charge >= 0.3 is 0 Å². The Morgan fingerprint density at radius 1 is 1.48 bits per heavy atom. The van der Waals surface area contributed by atoms with Gasteiger partial charge in [0.1, 0.15) is 16.3 Å².